The summed E-state index contributed by atoms with van der Waals surface area (Å²) in [4.78, 5) is 29.3. The van der Waals surface area contributed by atoms with Crippen LogP contribution >= 0.6 is 23.2 Å². The Morgan fingerprint density at radius 2 is 1.59 bits per heavy atom. The number of sulfonamides is 1. The first kappa shape index (κ1) is 32.4. The van der Waals surface area contributed by atoms with Gasteiger partial charge in [0.25, 0.3) is 0 Å². The van der Waals surface area contributed by atoms with Crippen molar-refractivity contribution in [2.75, 3.05) is 17.1 Å². The summed E-state index contributed by atoms with van der Waals surface area (Å²) in [6.07, 6.45) is 2.78. The van der Waals surface area contributed by atoms with Crippen LogP contribution < -0.4 is 9.62 Å². The molecule has 0 heterocycles. The number of nitrogens with one attached hydrogen (secondary N) is 1. The van der Waals surface area contributed by atoms with Gasteiger partial charge in [0.15, 0.2) is 0 Å². The largest absolute Gasteiger partial charge is 0.352 e. The molecule has 2 atom stereocenters. The van der Waals surface area contributed by atoms with Crippen molar-refractivity contribution in [1.29, 1.82) is 0 Å². The molecule has 0 saturated carbocycles. The van der Waals surface area contributed by atoms with Gasteiger partial charge in [0.1, 0.15) is 12.6 Å². The molecule has 0 radical (unpaired) electrons. The van der Waals surface area contributed by atoms with Crippen molar-refractivity contribution in [3.05, 3.63) is 99.5 Å². The summed E-state index contributed by atoms with van der Waals surface area (Å²) in [5.41, 5.74) is 2.84. The summed E-state index contributed by atoms with van der Waals surface area (Å²) in [6, 6.07) is 20.3. The number of carbonyl (C=O) groups excluding carboxylic acids is 2. The number of aryl methyl sites for hydroxylation is 1. The van der Waals surface area contributed by atoms with Gasteiger partial charge in [-0.25, -0.2) is 8.42 Å². The minimum atomic E-state index is -3.84. The van der Waals surface area contributed by atoms with Crippen LogP contribution in [0.3, 0.4) is 0 Å². The molecule has 10 heteroatoms. The first-order valence-electron chi connectivity index (χ1n) is 13.6. The van der Waals surface area contributed by atoms with Gasteiger partial charge in [-0.2, -0.15) is 0 Å². The predicted octanol–water partition coefficient (Wildman–Crippen LogP) is 5.88. The van der Waals surface area contributed by atoms with Crippen LogP contribution in [-0.2, 0) is 39.0 Å². The maximum absolute atomic E-state index is 14.1. The fraction of sp³-hybridized carbons (Fsp3) is 0.355. The zero-order valence-electron chi connectivity index (χ0n) is 23.8. The summed E-state index contributed by atoms with van der Waals surface area (Å²) in [5, 5.41) is 3.78. The molecule has 0 bridgehead atoms. The molecule has 0 spiro atoms. The Balaban J connectivity index is 2.08. The first-order valence-corrected chi connectivity index (χ1v) is 16.2. The Morgan fingerprint density at radius 3 is 2.15 bits per heavy atom. The topological polar surface area (TPSA) is 86.8 Å². The maximum Gasteiger partial charge on any atom is 0.244 e. The van der Waals surface area contributed by atoms with Crippen LogP contribution in [0.5, 0.6) is 0 Å². The van der Waals surface area contributed by atoms with Gasteiger partial charge in [0.2, 0.25) is 21.8 Å². The highest BCUT2D eigenvalue weighted by atomic mass is 35.5. The van der Waals surface area contributed by atoms with E-state index in [2.05, 4.69) is 5.32 Å². The minimum absolute atomic E-state index is 0.0212. The van der Waals surface area contributed by atoms with E-state index < -0.39 is 28.5 Å². The zero-order valence-corrected chi connectivity index (χ0v) is 26.1. The molecule has 0 aliphatic heterocycles. The van der Waals surface area contributed by atoms with Gasteiger partial charge in [0.05, 0.1) is 11.9 Å². The lowest BCUT2D eigenvalue weighted by Crippen LogP contribution is -2.54. The van der Waals surface area contributed by atoms with Crippen molar-refractivity contribution in [3.8, 4) is 0 Å². The zero-order chi connectivity index (χ0) is 30.2. The molecular formula is C31H37Cl2N3O4S. The lowest BCUT2D eigenvalue weighted by Gasteiger charge is -2.34. The lowest BCUT2D eigenvalue weighted by molar-refractivity contribution is -0.140. The monoisotopic (exact) mass is 617 g/mol. The highest BCUT2D eigenvalue weighted by Crippen LogP contribution is 2.25. The second-order valence-corrected chi connectivity index (χ2v) is 12.8. The van der Waals surface area contributed by atoms with E-state index in [1.807, 2.05) is 63.2 Å². The molecule has 3 aromatic carbocycles. The van der Waals surface area contributed by atoms with Crippen molar-refractivity contribution in [1.82, 2.24) is 10.2 Å². The van der Waals surface area contributed by atoms with E-state index in [0.29, 0.717) is 27.7 Å². The van der Waals surface area contributed by atoms with Crippen LogP contribution in [0.4, 0.5) is 5.69 Å². The highest BCUT2D eigenvalue weighted by molar-refractivity contribution is 7.92. The summed E-state index contributed by atoms with van der Waals surface area (Å²) in [5.74, 6) is -0.874. The average Bonchev–Trinajstić information content (AvgIpc) is 2.94. The Bertz CT molecular complexity index is 1430. The molecule has 0 fully saturated rings. The molecule has 220 valence electrons. The molecule has 3 aromatic rings. The standard InChI is InChI=1S/C31H37Cl2N3O4S/c1-5-22(3)34-31(38)29(18-24-10-8-7-9-11-24)35(20-25-14-15-26(32)19-28(25)33)30(37)21-36(41(4,39)40)27-16-12-23(6-2)13-17-27/h7-17,19,22,29H,5-6,18,20-21H2,1-4H3,(H,34,38)/t22-,29-/m1/s1. The SMILES string of the molecule is CCc1ccc(N(CC(=O)N(Cc2ccc(Cl)cc2Cl)[C@H](Cc2ccccc2)C(=O)N[C@H](C)CC)S(C)(=O)=O)cc1. The Morgan fingerprint density at radius 1 is 0.927 bits per heavy atom. The number of rotatable bonds is 13. The molecular weight excluding hydrogens is 581 g/mol. The van der Waals surface area contributed by atoms with Crippen molar-refractivity contribution in [3.63, 3.8) is 0 Å². The maximum atomic E-state index is 14.1. The third-order valence-electron chi connectivity index (χ3n) is 6.94. The smallest absolute Gasteiger partial charge is 0.244 e. The van der Waals surface area contributed by atoms with Crippen molar-refractivity contribution >= 4 is 50.7 Å². The number of hydrogen-bond acceptors (Lipinski definition) is 4. The fourth-order valence-electron chi connectivity index (χ4n) is 4.34. The summed E-state index contributed by atoms with van der Waals surface area (Å²) < 4.78 is 26.9. The van der Waals surface area contributed by atoms with Gasteiger partial charge in [-0.3, -0.25) is 13.9 Å². The number of anilines is 1. The molecule has 0 aliphatic carbocycles. The van der Waals surface area contributed by atoms with Gasteiger partial charge in [-0.1, -0.05) is 85.6 Å². The average molecular weight is 619 g/mol. The van der Waals surface area contributed by atoms with Crippen LogP contribution in [0.15, 0.2) is 72.8 Å². The fourth-order valence-corrected chi connectivity index (χ4v) is 5.66. The van der Waals surface area contributed by atoms with E-state index in [4.69, 9.17) is 23.2 Å². The van der Waals surface area contributed by atoms with E-state index in [1.54, 1.807) is 30.3 Å². The molecule has 7 nitrogen and oxygen atoms in total. The van der Waals surface area contributed by atoms with Crippen LogP contribution in [0.25, 0.3) is 0 Å². The third kappa shape index (κ3) is 9.21. The molecule has 0 saturated heterocycles. The Kier molecular flexibility index (Phi) is 11.6. The van der Waals surface area contributed by atoms with Gasteiger partial charge >= 0.3 is 0 Å². The molecule has 1 N–H and O–H groups in total. The van der Waals surface area contributed by atoms with Crippen molar-refractivity contribution in [2.45, 2.75) is 58.7 Å². The van der Waals surface area contributed by atoms with E-state index in [-0.39, 0.29) is 24.9 Å². The second kappa shape index (κ2) is 14.7. The second-order valence-electron chi connectivity index (χ2n) is 10.1. The number of halogens is 2. The van der Waals surface area contributed by atoms with E-state index in [1.165, 1.54) is 4.90 Å². The van der Waals surface area contributed by atoms with Crippen LogP contribution in [0, 0.1) is 0 Å². The summed E-state index contributed by atoms with van der Waals surface area (Å²) in [7, 11) is -3.84. The van der Waals surface area contributed by atoms with E-state index >= 15 is 0 Å². The van der Waals surface area contributed by atoms with Crippen LogP contribution in [-0.4, -0.2) is 50.0 Å². The van der Waals surface area contributed by atoms with Crippen molar-refractivity contribution in [2.24, 2.45) is 0 Å². The Labute approximate surface area is 253 Å². The van der Waals surface area contributed by atoms with E-state index in [0.717, 1.165) is 28.1 Å². The van der Waals surface area contributed by atoms with Gasteiger partial charge in [-0.15, -0.1) is 0 Å². The summed E-state index contributed by atoms with van der Waals surface area (Å²) in [6.45, 7) is 5.35. The first-order chi connectivity index (χ1) is 19.4. The number of amides is 2. The van der Waals surface area contributed by atoms with Crippen molar-refractivity contribution < 1.29 is 18.0 Å². The van der Waals surface area contributed by atoms with Gasteiger partial charge < -0.3 is 10.2 Å². The minimum Gasteiger partial charge on any atom is -0.352 e. The normalized spacial score (nSPS) is 12.8. The lowest BCUT2D eigenvalue weighted by atomic mass is 10.0. The quantitative estimate of drug-likeness (QED) is 0.260. The predicted molar refractivity (Wildman–Crippen MR) is 167 cm³/mol. The van der Waals surface area contributed by atoms with Crippen LogP contribution in [0.2, 0.25) is 10.0 Å². The number of nitrogens with zero attached hydrogens (tertiary/aromatic N) is 2. The molecule has 0 aromatic heterocycles. The summed E-state index contributed by atoms with van der Waals surface area (Å²) >= 11 is 12.6. The van der Waals surface area contributed by atoms with Crippen LogP contribution in [0.1, 0.15) is 43.9 Å². The molecule has 41 heavy (non-hydrogen) atoms. The molecule has 3 rings (SSSR count). The number of benzene rings is 3. The highest BCUT2D eigenvalue weighted by Gasteiger charge is 2.33. The Hall–Kier alpha value is -3.07. The van der Waals surface area contributed by atoms with E-state index in [9.17, 15) is 18.0 Å². The molecule has 2 amide bonds. The number of hydrogen-bond donors (Lipinski definition) is 1. The number of carbonyl (C=O) groups is 2. The van der Waals surface area contributed by atoms with Gasteiger partial charge in [-0.05, 0) is 60.7 Å². The molecule has 0 aliphatic rings. The third-order valence-corrected chi connectivity index (χ3v) is 8.67. The molecule has 0 unspecified atom stereocenters. The van der Waals surface area contributed by atoms with Gasteiger partial charge in [0, 0.05) is 29.1 Å².